The quantitative estimate of drug-likeness (QED) is 0.378. The van der Waals surface area contributed by atoms with Crippen LogP contribution in [0.25, 0.3) is 0 Å². The van der Waals surface area contributed by atoms with E-state index in [0.717, 1.165) is 10.5 Å². The van der Waals surface area contributed by atoms with Crippen molar-refractivity contribution in [1.82, 2.24) is 19.6 Å². The van der Waals surface area contributed by atoms with Crippen molar-refractivity contribution in [3.63, 3.8) is 0 Å². The van der Waals surface area contributed by atoms with Crippen molar-refractivity contribution in [2.24, 2.45) is 0 Å². The number of hydrogen-bond donors (Lipinski definition) is 2. The topological polar surface area (TPSA) is 58.1 Å². The van der Waals surface area contributed by atoms with E-state index in [4.69, 9.17) is 0 Å². The molecule has 0 radical (unpaired) electrons. The summed E-state index contributed by atoms with van der Waals surface area (Å²) in [5.41, 5.74) is 0. The number of hydrogen-bond acceptors (Lipinski definition) is 5. The van der Waals surface area contributed by atoms with Gasteiger partial charge in [0.25, 0.3) is 0 Å². The van der Waals surface area contributed by atoms with Crippen LogP contribution in [0.3, 0.4) is 0 Å². The zero-order valence-corrected chi connectivity index (χ0v) is 12.2. The first kappa shape index (κ1) is 16.9. The molecule has 0 atom stereocenters. The van der Waals surface area contributed by atoms with Crippen LogP contribution in [0, 0.1) is 0 Å². The lowest BCUT2D eigenvalue weighted by Gasteiger charge is -2.10. The summed E-state index contributed by atoms with van der Waals surface area (Å²) in [7, 11) is 1.49. The molecule has 1 N–H and O–H groups in total. The number of nitrogens with zero attached hydrogens (tertiary/aromatic N) is 3. The fraction of sp³-hybridized carbons (Fsp3) is 0.500. The molecule has 0 aliphatic rings. The number of amides is 2. The first-order valence-electron chi connectivity index (χ1n) is 5.54. The Kier molecular flexibility index (Phi) is 6.40. The maximum absolute atomic E-state index is 12.4. The molecule has 0 saturated carbocycles. The summed E-state index contributed by atoms with van der Waals surface area (Å²) in [6, 6.07) is 1.08. The van der Waals surface area contributed by atoms with E-state index in [1.54, 1.807) is 0 Å². The highest BCUT2D eigenvalue weighted by Gasteiger charge is 2.34. The third kappa shape index (κ3) is 5.87. The summed E-state index contributed by atoms with van der Waals surface area (Å²) in [5.74, 6) is -0.613. The average molecular weight is 326 g/mol. The maximum Gasteiger partial charge on any atom is 0.451 e. The highest BCUT2D eigenvalue weighted by molar-refractivity contribution is 7.99. The van der Waals surface area contributed by atoms with E-state index >= 15 is 0 Å². The minimum absolute atomic E-state index is 0.255. The number of thioether (sulfide) groups is 1. The van der Waals surface area contributed by atoms with Crippen molar-refractivity contribution in [3.8, 4) is 0 Å². The molecule has 0 fully saturated rings. The number of urea groups is 1. The van der Waals surface area contributed by atoms with Crippen LogP contribution in [0.15, 0.2) is 17.3 Å². The van der Waals surface area contributed by atoms with Crippen molar-refractivity contribution >= 4 is 30.6 Å². The van der Waals surface area contributed by atoms with Crippen molar-refractivity contribution in [3.05, 3.63) is 18.1 Å². The van der Waals surface area contributed by atoms with Crippen molar-refractivity contribution in [2.45, 2.75) is 17.6 Å². The third-order valence-corrected chi connectivity index (χ3v) is 3.22. The van der Waals surface area contributed by atoms with E-state index in [0.29, 0.717) is 18.7 Å². The lowest BCUT2D eigenvalue weighted by atomic mass is 10.5. The number of nitrogens with one attached hydrogen (secondary N) is 1. The molecule has 1 rings (SSSR count). The molecular formula is C10H13F3N4OS2. The first-order valence-corrected chi connectivity index (χ1v) is 6.92. The van der Waals surface area contributed by atoms with Gasteiger partial charge in [0.1, 0.15) is 5.03 Å². The summed E-state index contributed by atoms with van der Waals surface area (Å²) < 4.78 is 38.2. The van der Waals surface area contributed by atoms with Gasteiger partial charge in [-0.1, -0.05) is 12.8 Å². The molecule has 0 aliphatic heterocycles. The van der Waals surface area contributed by atoms with Gasteiger partial charge in [0.2, 0.25) is 5.82 Å². The molecule has 2 amide bonds. The Bertz CT molecular complexity index is 456. The predicted molar refractivity (Wildman–Crippen MR) is 72.5 cm³/mol. The Morgan fingerprint density at radius 2 is 2.25 bits per heavy atom. The van der Waals surface area contributed by atoms with Crippen LogP contribution in [-0.4, -0.2) is 39.6 Å². The number of alkyl halides is 3. The van der Waals surface area contributed by atoms with Crippen LogP contribution in [0.2, 0.25) is 0 Å². The van der Waals surface area contributed by atoms with E-state index < -0.39 is 12.0 Å². The fourth-order valence-electron chi connectivity index (χ4n) is 1.12. The number of carbonyl (C=O) groups is 1. The summed E-state index contributed by atoms with van der Waals surface area (Å²) in [6.07, 6.45) is -2.86. The number of aromatic nitrogens is 2. The zero-order valence-electron chi connectivity index (χ0n) is 10.5. The van der Waals surface area contributed by atoms with Crippen molar-refractivity contribution in [2.75, 3.05) is 19.3 Å². The van der Waals surface area contributed by atoms with Gasteiger partial charge >= 0.3 is 12.2 Å². The molecule has 10 heteroatoms. The standard InChI is InChI=1S/C10H13F3N4OS2/c1-17(19)9(18)15-4-2-6-20-7-3-5-14-8(16-7)10(11,12)13/h3,5,19H,2,4,6H2,1H3,(H,15,18). The molecule has 0 aliphatic carbocycles. The van der Waals surface area contributed by atoms with Gasteiger partial charge in [0.05, 0.1) is 0 Å². The van der Waals surface area contributed by atoms with Crippen molar-refractivity contribution in [1.29, 1.82) is 0 Å². The second-order valence-electron chi connectivity index (χ2n) is 3.67. The van der Waals surface area contributed by atoms with Crippen LogP contribution in [0.4, 0.5) is 18.0 Å². The second-order valence-corrected chi connectivity index (χ2v) is 5.39. The molecule has 20 heavy (non-hydrogen) atoms. The molecule has 1 heterocycles. The molecule has 5 nitrogen and oxygen atoms in total. The largest absolute Gasteiger partial charge is 0.451 e. The van der Waals surface area contributed by atoms with Crippen molar-refractivity contribution < 1.29 is 18.0 Å². The number of halogens is 3. The minimum Gasteiger partial charge on any atom is -0.337 e. The Morgan fingerprint density at radius 3 is 2.85 bits per heavy atom. The smallest absolute Gasteiger partial charge is 0.337 e. The molecule has 0 unspecified atom stereocenters. The van der Waals surface area contributed by atoms with E-state index in [1.165, 1.54) is 24.9 Å². The van der Waals surface area contributed by atoms with Gasteiger partial charge in [-0.15, -0.1) is 11.8 Å². The zero-order chi connectivity index (χ0) is 15.2. The van der Waals surface area contributed by atoms with Crippen LogP contribution in [0.1, 0.15) is 12.2 Å². The van der Waals surface area contributed by atoms with Gasteiger partial charge in [-0.3, -0.25) is 4.31 Å². The van der Waals surface area contributed by atoms with Gasteiger partial charge in [0.15, 0.2) is 0 Å². The van der Waals surface area contributed by atoms with Gasteiger partial charge in [-0.25, -0.2) is 14.8 Å². The van der Waals surface area contributed by atoms with Crippen LogP contribution < -0.4 is 5.32 Å². The SMILES string of the molecule is CN(S)C(=O)NCCCSc1ccnc(C(F)(F)F)n1. The van der Waals surface area contributed by atoms with Gasteiger partial charge in [-0.2, -0.15) is 13.2 Å². The fourth-order valence-corrected chi connectivity index (χ4v) is 1.99. The minimum atomic E-state index is -4.54. The summed E-state index contributed by atoms with van der Waals surface area (Å²) in [4.78, 5) is 17.7. The van der Waals surface area contributed by atoms with Crippen LogP contribution in [-0.2, 0) is 6.18 Å². The molecule has 1 aromatic heterocycles. The summed E-state index contributed by atoms with van der Waals surface area (Å²) >= 11 is 4.98. The Morgan fingerprint density at radius 1 is 1.55 bits per heavy atom. The summed E-state index contributed by atoms with van der Waals surface area (Å²) in [6.45, 7) is 0.411. The second kappa shape index (κ2) is 7.58. The third-order valence-electron chi connectivity index (χ3n) is 2.02. The lowest BCUT2D eigenvalue weighted by molar-refractivity contribution is -0.145. The lowest BCUT2D eigenvalue weighted by Crippen LogP contribution is -2.32. The molecular weight excluding hydrogens is 313 g/mol. The summed E-state index contributed by atoms with van der Waals surface area (Å²) in [5, 5.41) is 2.84. The molecule has 112 valence electrons. The highest BCUT2D eigenvalue weighted by atomic mass is 32.2. The molecule has 0 aromatic carbocycles. The predicted octanol–water partition coefficient (Wildman–Crippen LogP) is 2.46. The number of thiol groups is 1. The van der Waals surface area contributed by atoms with Crippen LogP contribution >= 0.6 is 24.6 Å². The van der Waals surface area contributed by atoms with Gasteiger partial charge < -0.3 is 5.32 Å². The van der Waals surface area contributed by atoms with Gasteiger partial charge in [0, 0.05) is 25.5 Å². The Hall–Kier alpha value is -1.16. The van der Waals surface area contributed by atoms with Crippen LogP contribution in [0.5, 0.6) is 0 Å². The maximum atomic E-state index is 12.4. The normalized spacial score (nSPS) is 11.2. The molecule has 0 bridgehead atoms. The number of rotatable bonds is 5. The van der Waals surface area contributed by atoms with Gasteiger partial charge in [-0.05, 0) is 12.5 Å². The van der Waals surface area contributed by atoms with E-state index in [2.05, 4.69) is 28.1 Å². The van der Waals surface area contributed by atoms with E-state index in [1.807, 2.05) is 0 Å². The first-order chi connectivity index (χ1) is 9.30. The Balaban J connectivity index is 2.34. The Labute approximate surface area is 123 Å². The average Bonchev–Trinajstić information content (AvgIpc) is 2.37. The molecule has 0 saturated heterocycles. The van der Waals surface area contributed by atoms with E-state index in [-0.39, 0.29) is 11.1 Å². The van der Waals surface area contributed by atoms with E-state index in [9.17, 15) is 18.0 Å². The number of carbonyl (C=O) groups excluding carboxylic acids is 1. The highest BCUT2D eigenvalue weighted by Crippen LogP contribution is 2.27. The monoisotopic (exact) mass is 326 g/mol. The molecule has 0 spiro atoms. The molecule has 1 aromatic rings.